The first-order chi connectivity index (χ1) is 32.2. The Bertz CT molecular complexity index is 4610. The Morgan fingerprint density at radius 1 is 0.308 bits per heavy atom. The number of pyridine rings is 1. The lowest BCUT2D eigenvalue weighted by Gasteiger charge is -2.15. The van der Waals surface area contributed by atoms with Crippen LogP contribution in [0.3, 0.4) is 0 Å². The molecule has 65 heavy (non-hydrogen) atoms. The van der Waals surface area contributed by atoms with Crippen LogP contribution in [-0.4, -0.2) is 8.97 Å². The summed E-state index contributed by atoms with van der Waals surface area (Å²) in [6, 6.07) is 73.7. The van der Waals surface area contributed by atoms with Gasteiger partial charge in [0, 0.05) is 48.8 Å². The summed E-state index contributed by atoms with van der Waals surface area (Å²) in [5.74, 6) is 0. The van der Waals surface area contributed by atoms with Gasteiger partial charge < -0.3 is 8.98 Å². The standard InChI is InChI=1S/C61H34N2O2/c64-61-54-33-36(35-11-2-1-3-12-35)21-26-44(54)47-17-10-18-48-53-32-38(23-30-56(53)63(61)58(47)48)37-22-25-42-40-13-4-5-14-41(40)43-27-24-39(34-52(43)51(42)31-37)62-55-19-8-6-15-45(55)49-28-29-50-46-16-7-9-20-57(46)65-60(50)59(49)62/h1-34H. The lowest BCUT2D eigenvalue weighted by molar-refractivity contribution is 0.671. The van der Waals surface area contributed by atoms with Crippen LogP contribution in [0.2, 0.25) is 0 Å². The minimum atomic E-state index is 0.00777. The van der Waals surface area contributed by atoms with Gasteiger partial charge in [-0.15, -0.1) is 0 Å². The van der Waals surface area contributed by atoms with Crippen molar-refractivity contribution in [1.29, 1.82) is 0 Å². The largest absolute Gasteiger partial charge is 0.454 e. The molecule has 0 saturated carbocycles. The van der Waals surface area contributed by atoms with E-state index >= 15 is 0 Å². The third-order valence-electron chi connectivity index (χ3n) is 14.2. The van der Waals surface area contributed by atoms with E-state index in [1.165, 1.54) is 43.1 Å². The van der Waals surface area contributed by atoms with E-state index in [2.05, 4.69) is 187 Å². The van der Waals surface area contributed by atoms with Crippen molar-refractivity contribution in [3.05, 3.63) is 217 Å². The second kappa shape index (κ2) is 12.7. The number of para-hydroxylation sites is 3. The van der Waals surface area contributed by atoms with Crippen LogP contribution >= 0.6 is 0 Å². The zero-order valence-corrected chi connectivity index (χ0v) is 34.8. The highest BCUT2D eigenvalue weighted by Gasteiger charge is 2.21. The van der Waals surface area contributed by atoms with Gasteiger partial charge in [-0.1, -0.05) is 152 Å². The molecular weight excluding hydrogens is 793 g/mol. The van der Waals surface area contributed by atoms with E-state index in [9.17, 15) is 4.79 Å². The van der Waals surface area contributed by atoms with E-state index in [4.69, 9.17) is 4.42 Å². The molecule has 0 spiro atoms. The van der Waals surface area contributed by atoms with E-state index in [0.29, 0.717) is 0 Å². The minimum Gasteiger partial charge on any atom is -0.454 e. The molecule has 300 valence electrons. The number of nitrogens with zero attached hydrogens (tertiary/aromatic N) is 2. The highest BCUT2D eigenvalue weighted by atomic mass is 16.3. The Morgan fingerprint density at radius 3 is 1.63 bits per heavy atom. The quantitative estimate of drug-likeness (QED) is 0.166. The van der Waals surface area contributed by atoms with Crippen molar-refractivity contribution in [2.45, 2.75) is 0 Å². The average molecular weight is 827 g/mol. The average Bonchev–Trinajstić information content (AvgIpc) is 4.04. The van der Waals surface area contributed by atoms with Crippen molar-refractivity contribution in [3.8, 4) is 27.9 Å². The van der Waals surface area contributed by atoms with E-state index in [1.54, 1.807) is 0 Å². The highest BCUT2D eigenvalue weighted by Crippen LogP contribution is 2.44. The van der Waals surface area contributed by atoms with Crippen LogP contribution in [0, 0.1) is 0 Å². The third-order valence-corrected chi connectivity index (χ3v) is 14.2. The zero-order chi connectivity index (χ0) is 42.5. The lowest BCUT2D eigenvalue weighted by atomic mass is 9.91. The number of fused-ring (bicyclic) bond motifs is 18. The Kier molecular flexibility index (Phi) is 6.79. The fraction of sp³-hybridized carbons (Fsp3) is 0. The van der Waals surface area contributed by atoms with Gasteiger partial charge in [0.15, 0.2) is 5.58 Å². The third kappa shape index (κ3) is 4.67. The van der Waals surface area contributed by atoms with Gasteiger partial charge in [0.1, 0.15) is 5.58 Å². The number of aromatic nitrogens is 2. The van der Waals surface area contributed by atoms with E-state index < -0.39 is 0 Å². The van der Waals surface area contributed by atoms with Gasteiger partial charge in [0.2, 0.25) is 0 Å². The number of hydrogen-bond acceptors (Lipinski definition) is 2. The summed E-state index contributed by atoms with van der Waals surface area (Å²) >= 11 is 0. The van der Waals surface area contributed by atoms with Gasteiger partial charge in [-0.3, -0.25) is 9.20 Å². The van der Waals surface area contributed by atoms with E-state index in [1.807, 2.05) is 28.7 Å². The van der Waals surface area contributed by atoms with E-state index in [0.717, 1.165) is 98.9 Å². The molecule has 4 aromatic heterocycles. The molecule has 11 aromatic carbocycles. The fourth-order valence-corrected chi connectivity index (χ4v) is 11.3. The van der Waals surface area contributed by atoms with Crippen molar-refractivity contribution in [2.75, 3.05) is 0 Å². The van der Waals surface area contributed by atoms with Crippen molar-refractivity contribution in [3.63, 3.8) is 0 Å². The second-order valence-electron chi connectivity index (χ2n) is 17.5. The van der Waals surface area contributed by atoms with Crippen LogP contribution in [0.4, 0.5) is 0 Å². The first-order valence-corrected chi connectivity index (χ1v) is 22.2. The smallest absolute Gasteiger partial charge is 0.263 e. The Morgan fingerprint density at radius 2 is 0.831 bits per heavy atom. The monoisotopic (exact) mass is 826 g/mol. The molecule has 0 fully saturated rings. The Labute approximate surface area is 370 Å². The fourth-order valence-electron chi connectivity index (χ4n) is 11.3. The molecule has 15 rings (SSSR count). The molecule has 0 atom stereocenters. The van der Waals surface area contributed by atoms with Gasteiger partial charge in [0.25, 0.3) is 5.56 Å². The number of benzene rings is 11. The first kappa shape index (κ1) is 34.8. The molecule has 0 saturated heterocycles. The Hall–Kier alpha value is -8.73. The summed E-state index contributed by atoms with van der Waals surface area (Å²) < 4.78 is 11.1. The van der Waals surface area contributed by atoms with Crippen LogP contribution in [0.5, 0.6) is 0 Å². The number of rotatable bonds is 3. The molecule has 0 bridgehead atoms. The van der Waals surface area contributed by atoms with Crippen LogP contribution < -0.4 is 5.56 Å². The van der Waals surface area contributed by atoms with E-state index in [-0.39, 0.29) is 5.56 Å². The van der Waals surface area contributed by atoms with Gasteiger partial charge in [0.05, 0.1) is 22.1 Å². The summed E-state index contributed by atoms with van der Waals surface area (Å²) in [5.41, 5.74) is 11.3. The van der Waals surface area contributed by atoms with Crippen LogP contribution in [-0.2, 0) is 0 Å². The second-order valence-corrected chi connectivity index (χ2v) is 17.5. The minimum absolute atomic E-state index is 0.00777. The highest BCUT2D eigenvalue weighted by molar-refractivity contribution is 6.27. The summed E-state index contributed by atoms with van der Waals surface area (Å²) in [5, 5.41) is 16.8. The lowest BCUT2D eigenvalue weighted by Crippen LogP contribution is -2.12. The SMILES string of the molecule is O=c1c2cc(-c3ccccc3)ccc2c2cccc3c4cc(-c5ccc6c7ccccc7c7ccc(-n8c9ccccc9c9ccc%10c%11ccccc%11oc%10c98)cc7c6c5)ccc4n1c23. The number of hydrogen-bond donors (Lipinski definition) is 0. The van der Waals surface area contributed by atoms with Crippen LogP contribution in [0.15, 0.2) is 215 Å². The normalized spacial score (nSPS) is 12.4. The molecule has 4 heteroatoms. The molecule has 0 aliphatic rings. The maximum absolute atomic E-state index is 14.6. The van der Waals surface area contributed by atoms with Gasteiger partial charge in [-0.05, 0) is 115 Å². The summed E-state index contributed by atoms with van der Waals surface area (Å²) in [7, 11) is 0. The van der Waals surface area contributed by atoms with Crippen LogP contribution in [0.25, 0.3) is 142 Å². The zero-order valence-electron chi connectivity index (χ0n) is 34.8. The number of furan rings is 1. The van der Waals surface area contributed by atoms with Gasteiger partial charge in [-0.25, -0.2) is 0 Å². The van der Waals surface area contributed by atoms with Gasteiger partial charge >= 0.3 is 0 Å². The molecule has 0 aliphatic carbocycles. The van der Waals surface area contributed by atoms with Crippen LogP contribution in [0.1, 0.15) is 0 Å². The molecule has 0 unspecified atom stereocenters. The molecule has 4 nitrogen and oxygen atoms in total. The van der Waals surface area contributed by atoms with Crippen molar-refractivity contribution in [1.82, 2.24) is 8.97 Å². The van der Waals surface area contributed by atoms with Crippen molar-refractivity contribution < 1.29 is 4.42 Å². The molecule has 15 aromatic rings. The molecule has 0 aliphatic heterocycles. The topological polar surface area (TPSA) is 39.5 Å². The molecule has 0 N–H and O–H groups in total. The summed E-state index contributed by atoms with van der Waals surface area (Å²) in [6.45, 7) is 0. The van der Waals surface area contributed by atoms with Crippen molar-refractivity contribution in [2.24, 2.45) is 0 Å². The predicted molar refractivity (Wildman–Crippen MR) is 272 cm³/mol. The predicted octanol–water partition coefficient (Wildman–Crippen LogP) is 16.0. The summed E-state index contributed by atoms with van der Waals surface area (Å²) in [4.78, 5) is 14.6. The molecular formula is C61H34N2O2. The maximum atomic E-state index is 14.6. The van der Waals surface area contributed by atoms with Gasteiger partial charge in [-0.2, -0.15) is 0 Å². The maximum Gasteiger partial charge on any atom is 0.263 e. The van der Waals surface area contributed by atoms with Crippen molar-refractivity contribution >= 4 is 114 Å². The molecule has 0 radical (unpaired) electrons. The Balaban J connectivity index is 0.969. The molecule has 4 heterocycles. The first-order valence-electron chi connectivity index (χ1n) is 22.2. The molecule has 0 amide bonds. The summed E-state index contributed by atoms with van der Waals surface area (Å²) in [6.07, 6.45) is 0.